The fraction of sp³-hybridized carbons (Fsp3) is 0.500. The summed E-state index contributed by atoms with van der Waals surface area (Å²) in [5, 5.41) is 0. The van der Waals surface area contributed by atoms with Crippen LogP contribution in [-0.2, 0) is 11.3 Å². The standard InChI is InChI=1S/C12H20N4O/c1-9(12(17)15-13)10(2)16(3)8-11-4-6-14-7-5-11/h4-7,9-10H,8,13H2,1-3H3,(H,15,17). The van der Waals surface area contributed by atoms with Crippen LogP contribution in [-0.4, -0.2) is 28.9 Å². The molecule has 0 aliphatic heterocycles. The fourth-order valence-corrected chi connectivity index (χ4v) is 1.65. The van der Waals surface area contributed by atoms with Gasteiger partial charge < -0.3 is 0 Å². The van der Waals surface area contributed by atoms with Crippen LogP contribution in [0, 0.1) is 5.92 Å². The molecule has 3 N–H and O–H groups in total. The minimum Gasteiger partial charge on any atom is -0.299 e. The smallest absolute Gasteiger partial charge is 0.238 e. The molecule has 1 aromatic heterocycles. The molecular formula is C12H20N4O. The summed E-state index contributed by atoms with van der Waals surface area (Å²) >= 11 is 0. The highest BCUT2D eigenvalue weighted by atomic mass is 16.2. The number of nitrogens with two attached hydrogens (primary N) is 1. The Balaban J connectivity index is 2.58. The maximum atomic E-state index is 11.4. The fourth-order valence-electron chi connectivity index (χ4n) is 1.65. The van der Waals surface area contributed by atoms with E-state index in [0.717, 1.165) is 6.54 Å². The third kappa shape index (κ3) is 3.80. The number of amides is 1. The summed E-state index contributed by atoms with van der Waals surface area (Å²) in [6, 6.07) is 4.06. The zero-order chi connectivity index (χ0) is 12.8. The van der Waals surface area contributed by atoms with E-state index in [4.69, 9.17) is 5.84 Å². The molecule has 17 heavy (non-hydrogen) atoms. The van der Waals surface area contributed by atoms with Crippen molar-refractivity contribution in [3.63, 3.8) is 0 Å². The van der Waals surface area contributed by atoms with E-state index in [-0.39, 0.29) is 17.9 Å². The molecule has 1 rings (SSSR count). The number of aromatic nitrogens is 1. The Labute approximate surface area is 102 Å². The summed E-state index contributed by atoms with van der Waals surface area (Å²) in [6.07, 6.45) is 3.54. The maximum absolute atomic E-state index is 11.4. The molecule has 0 spiro atoms. The molecular weight excluding hydrogens is 216 g/mol. The highest BCUT2D eigenvalue weighted by molar-refractivity contribution is 5.78. The Hall–Kier alpha value is -1.46. The lowest BCUT2D eigenvalue weighted by Gasteiger charge is -2.28. The Kier molecular flexibility index (Phi) is 5.06. The lowest BCUT2D eigenvalue weighted by atomic mass is 10.0. The summed E-state index contributed by atoms with van der Waals surface area (Å²) in [4.78, 5) is 17.5. The van der Waals surface area contributed by atoms with Crippen molar-refractivity contribution < 1.29 is 4.79 Å². The highest BCUT2D eigenvalue weighted by Gasteiger charge is 2.22. The average Bonchev–Trinajstić information content (AvgIpc) is 2.37. The second-order valence-electron chi connectivity index (χ2n) is 4.31. The van der Waals surface area contributed by atoms with Crippen LogP contribution in [0.5, 0.6) is 0 Å². The van der Waals surface area contributed by atoms with Gasteiger partial charge >= 0.3 is 0 Å². The van der Waals surface area contributed by atoms with Crippen LogP contribution < -0.4 is 11.3 Å². The molecule has 94 valence electrons. The number of hydrogen-bond acceptors (Lipinski definition) is 4. The van der Waals surface area contributed by atoms with Gasteiger partial charge in [0.2, 0.25) is 5.91 Å². The predicted molar refractivity (Wildman–Crippen MR) is 66.7 cm³/mol. The molecule has 0 fully saturated rings. The van der Waals surface area contributed by atoms with Crippen molar-refractivity contribution in [3.05, 3.63) is 30.1 Å². The van der Waals surface area contributed by atoms with Crippen molar-refractivity contribution in [1.82, 2.24) is 15.3 Å². The van der Waals surface area contributed by atoms with Gasteiger partial charge in [0, 0.05) is 25.0 Å². The van der Waals surface area contributed by atoms with Crippen LogP contribution in [0.25, 0.3) is 0 Å². The zero-order valence-corrected chi connectivity index (χ0v) is 10.6. The van der Waals surface area contributed by atoms with Gasteiger partial charge in [-0.3, -0.25) is 20.1 Å². The molecule has 0 saturated carbocycles. The first-order valence-electron chi connectivity index (χ1n) is 5.66. The Bertz CT molecular complexity index is 355. The molecule has 5 heteroatoms. The lowest BCUT2D eigenvalue weighted by Crippen LogP contribution is -2.44. The molecule has 2 atom stereocenters. The third-order valence-electron chi connectivity index (χ3n) is 3.16. The van der Waals surface area contributed by atoms with E-state index in [9.17, 15) is 4.79 Å². The van der Waals surface area contributed by atoms with Crippen molar-refractivity contribution in [2.75, 3.05) is 7.05 Å². The molecule has 0 aliphatic carbocycles. The molecule has 0 saturated heterocycles. The van der Waals surface area contributed by atoms with Gasteiger partial charge in [0.1, 0.15) is 0 Å². The molecule has 1 aromatic rings. The van der Waals surface area contributed by atoms with Crippen molar-refractivity contribution in [2.24, 2.45) is 11.8 Å². The Morgan fingerprint density at radius 2 is 2.06 bits per heavy atom. The first kappa shape index (κ1) is 13.6. The number of rotatable bonds is 5. The number of carbonyl (C=O) groups is 1. The second kappa shape index (κ2) is 6.32. The molecule has 5 nitrogen and oxygen atoms in total. The molecule has 0 aromatic carbocycles. The minimum absolute atomic E-state index is 0.117. The van der Waals surface area contributed by atoms with E-state index in [1.165, 1.54) is 5.56 Å². The van der Waals surface area contributed by atoms with Gasteiger partial charge in [-0.1, -0.05) is 6.92 Å². The maximum Gasteiger partial charge on any atom is 0.238 e. The van der Waals surface area contributed by atoms with Gasteiger partial charge in [-0.05, 0) is 31.7 Å². The molecule has 1 heterocycles. The van der Waals surface area contributed by atoms with Crippen LogP contribution in [0.4, 0.5) is 0 Å². The number of pyridine rings is 1. The zero-order valence-electron chi connectivity index (χ0n) is 10.6. The van der Waals surface area contributed by atoms with E-state index in [1.54, 1.807) is 12.4 Å². The number of nitrogens with one attached hydrogen (secondary N) is 1. The topological polar surface area (TPSA) is 71.2 Å². The molecule has 0 bridgehead atoms. The van der Waals surface area contributed by atoms with E-state index >= 15 is 0 Å². The van der Waals surface area contributed by atoms with Gasteiger partial charge in [0.15, 0.2) is 0 Å². The van der Waals surface area contributed by atoms with Gasteiger partial charge in [0.05, 0.1) is 5.92 Å². The highest BCUT2D eigenvalue weighted by Crippen LogP contribution is 2.12. The van der Waals surface area contributed by atoms with Crippen LogP contribution in [0.3, 0.4) is 0 Å². The van der Waals surface area contributed by atoms with Gasteiger partial charge in [-0.25, -0.2) is 5.84 Å². The van der Waals surface area contributed by atoms with Gasteiger partial charge in [-0.15, -0.1) is 0 Å². The predicted octanol–water partition coefficient (Wildman–Crippen LogP) is 0.528. The normalized spacial score (nSPS) is 14.4. The lowest BCUT2D eigenvalue weighted by molar-refractivity contribution is -0.126. The summed E-state index contributed by atoms with van der Waals surface area (Å²) in [5.41, 5.74) is 3.36. The second-order valence-corrected chi connectivity index (χ2v) is 4.31. The summed E-state index contributed by atoms with van der Waals surface area (Å²) < 4.78 is 0. The number of hydrazine groups is 1. The van der Waals surface area contributed by atoms with Crippen molar-refractivity contribution in [3.8, 4) is 0 Å². The average molecular weight is 236 g/mol. The third-order valence-corrected chi connectivity index (χ3v) is 3.16. The van der Waals surface area contributed by atoms with E-state index in [0.29, 0.717) is 0 Å². The van der Waals surface area contributed by atoms with Crippen LogP contribution in [0.15, 0.2) is 24.5 Å². The van der Waals surface area contributed by atoms with Crippen LogP contribution in [0.2, 0.25) is 0 Å². The Morgan fingerprint density at radius 3 is 2.59 bits per heavy atom. The monoisotopic (exact) mass is 236 g/mol. The van der Waals surface area contributed by atoms with Crippen molar-refractivity contribution >= 4 is 5.91 Å². The first-order valence-corrected chi connectivity index (χ1v) is 5.66. The van der Waals surface area contributed by atoms with Crippen molar-refractivity contribution in [2.45, 2.75) is 26.4 Å². The van der Waals surface area contributed by atoms with E-state index < -0.39 is 0 Å². The van der Waals surface area contributed by atoms with E-state index in [1.807, 2.05) is 33.0 Å². The summed E-state index contributed by atoms with van der Waals surface area (Å²) in [6.45, 7) is 4.67. The Morgan fingerprint density at radius 1 is 1.47 bits per heavy atom. The molecule has 2 unspecified atom stereocenters. The summed E-state index contributed by atoms with van der Waals surface area (Å²) in [7, 11) is 1.99. The largest absolute Gasteiger partial charge is 0.299 e. The van der Waals surface area contributed by atoms with Crippen molar-refractivity contribution in [1.29, 1.82) is 0 Å². The van der Waals surface area contributed by atoms with Gasteiger partial charge in [-0.2, -0.15) is 0 Å². The molecule has 0 aliphatic rings. The quantitative estimate of drug-likeness (QED) is 0.444. The minimum atomic E-state index is -0.146. The SMILES string of the molecule is CC(C(=O)NN)C(C)N(C)Cc1ccncc1. The van der Waals surface area contributed by atoms with Gasteiger partial charge in [0.25, 0.3) is 0 Å². The molecule has 0 radical (unpaired) electrons. The van der Waals surface area contributed by atoms with E-state index in [2.05, 4.69) is 15.3 Å². The van der Waals surface area contributed by atoms with Crippen LogP contribution >= 0.6 is 0 Å². The first-order chi connectivity index (χ1) is 8.06. The number of nitrogens with zero attached hydrogens (tertiary/aromatic N) is 2. The summed E-state index contributed by atoms with van der Waals surface area (Å²) in [5.74, 6) is 4.85. The molecule has 1 amide bonds. The van der Waals surface area contributed by atoms with Crippen LogP contribution in [0.1, 0.15) is 19.4 Å². The number of carbonyl (C=O) groups excluding carboxylic acids is 1. The number of hydrogen-bond donors (Lipinski definition) is 2.